The van der Waals surface area contributed by atoms with Gasteiger partial charge in [0.1, 0.15) is 11.4 Å². The Balaban J connectivity index is 1.76. The molecule has 1 unspecified atom stereocenters. The van der Waals surface area contributed by atoms with E-state index in [0.29, 0.717) is 11.1 Å². The number of benzene rings is 3. The largest absolute Gasteiger partial charge is 0.444 e. The van der Waals surface area contributed by atoms with Gasteiger partial charge in [-0.3, -0.25) is 4.79 Å². The van der Waals surface area contributed by atoms with Crippen molar-refractivity contribution in [2.75, 3.05) is 11.6 Å². The van der Waals surface area contributed by atoms with E-state index in [9.17, 15) is 31.2 Å². The average molecular weight is 650 g/mol. The van der Waals surface area contributed by atoms with E-state index >= 15 is 4.39 Å². The van der Waals surface area contributed by atoms with E-state index in [1.807, 2.05) is 0 Å². The third-order valence-electron chi connectivity index (χ3n) is 6.37. The molecule has 0 fully saturated rings. The van der Waals surface area contributed by atoms with Gasteiger partial charge in [-0.1, -0.05) is 55.1 Å². The van der Waals surface area contributed by atoms with Crippen LogP contribution < -0.4 is 16.0 Å². The van der Waals surface area contributed by atoms with Crippen LogP contribution in [0.3, 0.4) is 0 Å². The highest BCUT2D eigenvalue weighted by molar-refractivity contribution is 7.90. The van der Waals surface area contributed by atoms with Crippen LogP contribution in [0.15, 0.2) is 83.8 Å². The molecule has 0 aromatic heterocycles. The smallest absolute Gasteiger partial charge is 0.412 e. The van der Waals surface area contributed by atoms with E-state index in [1.54, 1.807) is 51.1 Å². The van der Waals surface area contributed by atoms with Crippen LogP contribution in [0, 0.1) is 5.82 Å². The summed E-state index contributed by atoms with van der Waals surface area (Å²) < 4.78 is 84.7. The lowest BCUT2D eigenvalue weighted by Crippen LogP contribution is -2.41. The molecule has 45 heavy (non-hydrogen) atoms. The molecule has 3 N–H and O–H groups in total. The Morgan fingerprint density at radius 3 is 2.18 bits per heavy atom. The molecular formula is C32H35F4N3O5S. The first-order chi connectivity index (χ1) is 20.8. The van der Waals surface area contributed by atoms with E-state index in [1.165, 1.54) is 30.3 Å². The summed E-state index contributed by atoms with van der Waals surface area (Å²) in [5.74, 6) is -1.85. The van der Waals surface area contributed by atoms with E-state index in [-0.39, 0.29) is 34.8 Å². The molecule has 0 aliphatic carbocycles. The molecule has 2 amide bonds. The third-order valence-corrected chi connectivity index (χ3v) is 7.53. The molecule has 8 nitrogen and oxygen atoms in total. The SMILES string of the molecule is C=C(CC(NCc1cccc(CNC(=O)OC(C)(C)C)c1)C(=O)Nc1ccc(-c2ccccc2S(C)(=O)=O)cc1F)C(F)(F)F. The first-order valence-electron chi connectivity index (χ1n) is 13.8. The Morgan fingerprint density at radius 2 is 1.58 bits per heavy atom. The molecule has 0 aliphatic heterocycles. The minimum absolute atomic E-state index is 0.0131. The van der Waals surface area contributed by atoms with Gasteiger partial charge in [-0.25, -0.2) is 17.6 Å². The Bertz CT molecular complexity index is 1670. The predicted octanol–water partition coefficient (Wildman–Crippen LogP) is 6.53. The molecule has 0 heterocycles. The first kappa shape index (κ1) is 35.3. The summed E-state index contributed by atoms with van der Waals surface area (Å²) in [5, 5.41) is 7.73. The zero-order valence-corrected chi connectivity index (χ0v) is 26.0. The van der Waals surface area contributed by atoms with Crippen LogP contribution in [-0.4, -0.2) is 44.5 Å². The van der Waals surface area contributed by atoms with E-state index in [0.717, 1.165) is 12.3 Å². The van der Waals surface area contributed by atoms with Crippen molar-refractivity contribution < 1.29 is 40.3 Å². The molecule has 0 radical (unpaired) electrons. The normalized spacial score (nSPS) is 12.7. The fourth-order valence-corrected chi connectivity index (χ4v) is 5.14. The van der Waals surface area contributed by atoms with E-state index < -0.39 is 57.5 Å². The predicted molar refractivity (Wildman–Crippen MR) is 164 cm³/mol. The van der Waals surface area contributed by atoms with Crippen molar-refractivity contribution in [3.63, 3.8) is 0 Å². The molecule has 0 bridgehead atoms. The number of rotatable bonds is 11. The van der Waals surface area contributed by atoms with E-state index in [4.69, 9.17) is 4.74 Å². The highest BCUT2D eigenvalue weighted by atomic mass is 32.2. The monoisotopic (exact) mass is 649 g/mol. The van der Waals surface area contributed by atoms with Crippen LogP contribution in [-0.2, 0) is 32.5 Å². The Labute approximate surface area is 259 Å². The van der Waals surface area contributed by atoms with Crippen molar-refractivity contribution in [3.05, 3.63) is 95.8 Å². The Kier molecular flexibility index (Phi) is 11.2. The number of alkyl carbamates (subject to hydrolysis) is 1. The molecule has 1 atom stereocenters. The second-order valence-electron chi connectivity index (χ2n) is 11.4. The summed E-state index contributed by atoms with van der Waals surface area (Å²) in [6.07, 6.45) is -5.16. The molecule has 13 heteroatoms. The van der Waals surface area contributed by atoms with Gasteiger partial charge >= 0.3 is 12.3 Å². The van der Waals surface area contributed by atoms with Crippen LogP contribution in [0.5, 0.6) is 0 Å². The molecule has 3 rings (SSSR count). The molecule has 0 saturated heterocycles. The minimum Gasteiger partial charge on any atom is -0.444 e. The molecule has 242 valence electrons. The molecule has 0 saturated carbocycles. The lowest BCUT2D eigenvalue weighted by atomic mass is 10.0. The number of hydrogen-bond donors (Lipinski definition) is 3. The summed E-state index contributed by atoms with van der Waals surface area (Å²) in [5.41, 5.74) is -0.372. The van der Waals surface area contributed by atoms with Gasteiger partial charge in [0.15, 0.2) is 9.84 Å². The molecule has 0 spiro atoms. The second kappa shape index (κ2) is 14.2. The number of amides is 2. The number of alkyl halides is 3. The summed E-state index contributed by atoms with van der Waals surface area (Å²) >= 11 is 0. The third kappa shape index (κ3) is 10.7. The number of carbonyl (C=O) groups is 2. The maximum absolute atomic E-state index is 15.1. The van der Waals surface area contributed by atoms with Gasteiger partial charge in [-0.2, -0.15) is 13.2 Å². The van der Waals surface area contributed by atoms with Gasteiger partial charge in [0.2, 0.25) is 5.91 Å². The topological polar surface area (TPSA) is 114 Å². The van der Waals surface area contributed by atoms with Gasteiger partial charge in [0.05, 0.1) is 16.6 Å². The van der Waals surface area contributed by atoms with Crippen LogP contribution in [0.25, 0.3) is 11.1 Å². The maximum Gasteiger partial charge on any atom is 0.412 e. The summed E-state index contributed by atoms with van der Waals surface area (Å²) in [7, 11) is -3.63. The van der Waals surface area contributed by atoms with Gasteiger partial charge in [-0.15, -0.1) is 0 Å². The number of hydrogen-bond acceptors (Lipinski definition) is 6. The zero-order chi connectivity index (χ0) is 33.6. The fourth-order valence-electron chi connectivity index (χ4n) is 4.23. The fraction of sp³-hybridized carbons (Fsp3) is 0.312. The van der Waals surface area contributed by atoms with Crippen LogP contribution >= 0.6 is 0 Å². The van der Waals surface area contributed by atoms with Gasteiger partial charge < -0.3 is 20.7 Å². The molecule has 3 aromatic carbocycles. The Hall–Kier alpha value is -4.23. The van der Waals surface area contributed by atoms with E-state index in [2.05, 4.69) is 22.5 Å². The van der Waals surface area contributed by atoms with Crippen LogP contribution in [0.2, 0.25) is 0 Å². The number of nitrogens with one attached hydrogen (secondary N) is 3. The standard InChI is InChI=1S/C32H35F4N3O5S/c1-20(32(34,35)36)15-27(37-18-21-9-8-10-22(16-21)19-38-30(41)44-31(2,3)4)29(40)39-26-14-13-23(17-25(26)33)24-11-6-7-12-28(24)45(5,42)43/h6-14,16-17,27,37H,1,15,18-19H2,2-5H3,(H,38,41)(H,39,40). The maximum atomic E-state index is 15.1. The highest BCUT2D eigenvalue weighted by Crippen LogP contribution is 2.31. The van der Waals surface area contributed by atoms with Crippen molar-refractivity contribution in [1.29, 1.82) is 0 Å². The van der Waals surface area contributed by atoms with Crippen molar-refractivity contribution in [3.8, 4) is 11.1 Å². The zero-order valence-electron chi connectivity index (χ0n) is 25.2. The minimum atomic E-state index is -4.76. The van der Waals surface area contributed by atoms with Gasteiger partial charge in [0, 0.05) is 36.9 Å². The number of halogens is 4. The average Bonchev–Trinajstić information content (AvgIpc) is 2.93. The van der Waals surface area contributed by atoms with Crippen molar-refractivity contribution >= 4 is 27.5 Å². The highest BCUT2D eigenvalue weighted by Gasteiger charge is 2.35. The number of carbonyl (C=O) groups excluding carboxylic acids is 2. The molecular weight excluding hydrogens is 614 g/mol. The summed E-state index contributed by atoms with van der Waals surface area (Å²) in [6.45, 7) is 8.33. The molecule has 3 aromatic rings. The number of sulfone groups is 1. The summed E-state index contributed by atoms with van der Waals surface area (Å²) in [6, 6.07) is 15.0. The lowest BCUT2D eigenvalue weighted by molar-refractivity contribution is -0.119. The van der Waals surface area contributed by atoms with Crippen molar-refractivity contribution in [2.24, 2.45) is 0 Å². The van der Waals surface area contributed by atoms with Crippen LogP contribution in [0.4, 0.5) is 28.0 Å². The van der Waals surface area contributed by atoms with Gasteiger partial charge in [0.25, 0.3) is 0 Å². The van der Waals surface area contributed by atoms with Crippen LogP contribution in [0.1, 0.15) is 38.3 Å². The number of ether oxygens (including phenoxy) is 1. The Morgan fingerprint density at radius 1 is 0.933 bits per heavy atom. The second-order valence-corrected chi connectivity index (χ2v) is 13.4. The first-order valence-corrected chi connectivity index (χ1v) is 15.7. The molecule has 0 aliphatic rings. The van der Waals surface area contributed by atoms with Crippen molar-refractivity contribution in [1.82, 2.24) is 10.6 Å². The quantitative estimate of drug-likeness (QED) is 0.161. The van der Waals surface area contributed by atoms with Crippen molar-refractivity contribution in [2.45, 2.75) is 63.0 Å². The summed E-state index contributed by atoms with van der Waals surface area (Å²) in [4.78, 5) is 25.1. The van der Waals surface area contributed by atoms with Gasteiger partial charge in [-0.05, 0) is 55.7 Å². The number of anilines is 1. The lowest BCUT2D eigenvalue weighted by Gasteiger charge is -2.21.